The molecule has 0 saturated heterocycles. The Hall–Kier alpha value is -1.94. The zero-order valence-corrected chi connectivity index (χ0v) is 10.3. The lowest BCUT2D eigenvalue weighted by molar-refractivity contribution is 0.103. The molecule has 0 spiro atoms. The minimum Gasteiger partial charge on any atom is -0.383 e. The van der Waals surface area contributed by atoms with Gasteiger partial charge in [0.1, 0.15) is 11.6 Å². The van der Waals surface area contributed by atoms with Crippen molar-refractivity contribution in [3.05, 3.63) is 58.0 Å². The maximum Gasteiger partial charge on any atom is 0.197 e. The van der Waals surface area contributed by atoms with Gasteiger partial charge in [0, 0.05) is 11.8 Å². The van der Waals surface area contributed by atoms with Crippen LogP contribution in [0.2, 0.25) is 5.02 Å². The molecule has 5 heteroatoms. The predicted molar refractivity (Wildman–Crippen MR) is 68.2 cm³/mol. The number of nitrogens with two attached hydrogens (primary N) is 1. The van der Waals surface area contributed by atoms with Gasteiger partial charge in [-0.2, -0.15) is 0 Å². The van der Waals surface area contributed by atoms with Gasteiger partial charge in [0.2, 0.25) is 0 Å². The molecular formula is C13H10ClFN2O. The van der Waals surface area contributed by atoms with Crippen LogP contribution < -0.4 is 5.73 Å². The Balaban J connectivity index is 2.51. The Morgan fingerprint density at radius 3 is 2.72 bits per heavy atom. The second kappa shape index (κ2) is 4.74. The third-order valence-electron chi connectivity index (χ3n) is 2.60. The van der Waals surface area contributed by atoms with Crippen LogP contribution in [0, 0.1) is 12.7 Å². The van der Waals surface area contributed by atoms with Crippen LogP contribution in [0.4, 0.5) is 10.2 Å². The molecule has 0 unspecified atom stereocenters. The molecule has 0 atom stereocenters. The fourth-order valence-corrected chi connectivity index (χ4v) is 1.84. The maximum absolute atomic E-state index is 13.0. The Kier molecular flexibility index (Phi) is 3.30. The van der Waals surface area contributed by atoms with Gasteiger partial charge in [0.05, 0.1) is 10.6 Å². The number of benzene rings is 1. The van der Waals surface area contributed by atoms with Crippen molar-refractivity contribution >= 4 is 23.2 Å². The molecule has 0 aliphatic heterocycles. The molecule has 0 aliphatic carbocycles. The van der Waals surface area contributed by atoms with E-state index >= 15 is 0 Å². The smallest absolute Gasteiger partial charge is 0.197 e. The summed E-state index contributed by atoms with van der Waals surface area (Å²) in [5.41, 5.74) is 7.01. The Morgan fingerprint density at radius 2 is 2.11 bits per heavy atom. The predicted octanol–water partition coefficient (Wildman–Crippen LogP) is 3.00. The number of carbonyl (C=O) groups is 1. The van der Waals surface area contributed by atoms with Crippen molar-refractivity contribution in [1.29, 1.82) is 0 Å². The Morgan fingerprint density at radius 1 is 1.39 bits per heavy atom. The number of rotatable bonds is 2. The van der Waals surface area contributed by atoms with Crippen molar-refractivity contribution in [3.8, 4) is 0 Å². The summed E-state index contributed by atoms with van der Waals surface area (Å²) in [4.78, 5) is 16.1. The molecule has 0 saturated carbocycles. The van der Waals surface area contributed by atoms with E-state index in [0.29, 0.717) is 11.1 Å². The number of ketones is 1. The topological polar surface area (TPSA) is 56.0 Å². The second-order valence-corrected chi connectivity index (χ2v) is 4.25. The van der Waals surface area contributed by atoms with E-state index in [1.165, 1.54) is 18.3 Å². The first-order chi connectivity index (χ1) is 8.50. The molecule has 0 fully saturated rings. The van der Waals surface area contributed by atoms with E-state index in [1.807, 2.05) is 0 Å². The normalized spacial score (nSPS) is 10.4. The van der Waals surface area contributed by atoms with Crippen molar-refractivity contribution in [3.63, 3.8) is 0 Å². The third kappa shape index (κ3) is 2.19. The molecule has 2 N–H and O–H groups in total. The zero-order chi connectivity index (χ0) is 13.3. The summed E-state index contributed by atoms with van der Waals surface area (Å²) in [6.07, 6.45) is 1.53. The molecule has 0 aliphatic rings. The number of nitrogens with zero attached hydrogens (tertiary/aromatic N) is 1. The average molecular weight is 265 g/mol. The van der Waals surface area contributed by atoms with Crippen molar-refractivity contribution in [2.75, 3.05) is 5.73 Å². The van der Waals surface area contributed by atoms with E-state index < -0.39 is 5.82 Å². The van der Waals surface area contributed by atoms with Gasteiger partial charge in [-0.3, -0.25) is 4.79 Å². The molecular weight excluding hydrogens is 255 g/mol. The number of aryl methyl sites for hydroxylation is 1. The van der Waals surface area contributed by atoms with Gasteiger partial charge < -0.3 is 5.73 Å². The van der Waals surface area contributed by atoms with Crippen LogP contribution in [0.3, 0.4) is 0 Å². The number of pyridine rings is 1. The van der Waals surface area contributed by atoms with E-state index in [0.717, 1.165) is 6.07 Å². The van der Waals surface area contributed by atoms with Crippen LogP contribution in [0.1, 0.15) is 21.5 Å². The van der Waals surface area contributed by atoms with Crippen LogP contribution in [0.5, 0.6) is 0 Å². The van der Waals surface area contributed by atoms with Crippen LogP contribution in [-0.4, -0.2) is 10.8 Å². The standard InChI is InChI=1S/C13H10ClFN2O/c1-7-4-5-17-13(16)11(7)12(18)8-2-3-10(15)9(14)6-8/h2-6H,1H3,(H2,16,17). The molecule has 1 aromatic carbocycles. The molecule has 0 bridgehead atoms. The number of aromatic nitrogens is 1. The lowest BCUT2D eigenvalue weighted by Crippen LogP contribution is -2.09. The molecule has 92 valence electrons. The number of anilines is 1. The monoisotopic (exact) mass is 264 g/mol. The number of halogens is 2. The molecule has 0 radical (unpaired) electrons. The van der Waals surface area contributed by atoms with Gasteiger partial charge in [-0.15, -0.1) is 0 Å². The first-order valence-electron chi connectivity index (χ1n) is 5.21. The molecule has 1 aromatic heterocycles. The number of hydrogen-bond donors (Lipinski definition) is 1. The first-order valence-corrected chi connectivity index (χ1v) is 5.59. The van der Waals surface area contributed by atoms with Crippen molar-refractivity contribution < 1.29 is 9.18 Å². The Bertz CT molecular complexity index is 608. The van der Waals surface area contributed by atoms with Crippen LogP contribution in [-0.2, 0) is 0 Å². The summed E-state index contributed by atoms with van der Waals surface area (Å²) < 4.78 is 13.0. The van der Waals surface area contributed by atoms with Crippen LogP contribution in [0.25, 0.3) is 0 Å². The van der Waals surface area contributed by atoms with E-state index in [9.17, 15) is 9.18 Å². The second-order valence-electron chi connectivity index (χ2n) is 3.85. The highest BCUT2D eigenvalue weighted by Gasteiger charge is 2.16. The van der Waals surface area contributed by atoms with Crippen LogP contribution >= 0.6 is 11.6 Å². The van der Waals surface area contributed by atoms with Crippen molar-refractivity contribution in [2.45, 2.75) is 6.92 Å². The van der Waals surface area contributed by atoms with Crippen molar-refractivity contribution in [2.24, 2.45) is 0 Å². The summed E-state index contributed by atoms with van der Waals surface area (Å²) in [6.45, 7) is 1.76. The lowest BCUT2D eigenvalue weighted by atomic mass is 10.00. The van der Waals surface area contributed by atoms with Gasteiger partial charge in [0.15, 0.2) is 5.78 Å². The average Bonchev–Trinajstić information content (AvgIpc) is 2.32. The van der Waals surface area contributed by atoms with E-state index in [1.54, 1.807) is 13.0 Å². The number of nitrogen functional groups attached to an aromatic ring is 1. The molecule has 18 heavy (non-hydrogen) atoms. The fourth-order valence-electron chi connectivity index (χ4n) is 1.66. The number of hydrogen-bond acceptors (Lipinski definition) is 3. The highest BCUT2D eigenvalue weighted by atomic mass is 35.5. The summed E-state index contributed by atoms with van der Waals surface area (Å²) in [6, 6.07) is 5.49. The van der Waals surface area contributed by atoms with Crippen LogP contribution in [0.15, 0.2) is 30.5 Å². The minimum absolute atomic E-state index is 0.0963. The molecule has 1 heterocycles. The fraction of sp³-hybridized carbons (Fsp3) is 0.0769. The van der Waals surface area contributed by atoms with Gasteiger partial charge in [-0.25, -0.2) is 9.37 Å². The quantitative estimate of drug-likeness (QED) is 0.849. The highest BCUT2D eigenvalue weighted by Crippen LogP contribution is 2.22. The number of carbonyl (C=O) groups excluding carboxylic acids is 1. The van der Waals surface area contributed by atoms with Gasteiger partial charge in [-0.1, -0.05) is 11.6 Å². The largest absolute Gasteiger partial charge is 0.383 e. The molecule has 3 nitrogen and oxygen atoms in total. The summed E-state index contributed by atoms with van der Waals surface area (Å²) >= 11 is 5.65. The van der Waals surface area contributed by atoms with Gasteiger partial charge in [-0.05, 0) is 36.8 Å². The first kappa shape index (κ1) is 12.5. The molecule has 0 amide bonds. The summed E-state index contributed by atoms with van der Waals surface area (Å²) in [5.74, 6) is -0.732. The summed E-state index contributed by atoms with van der Waals surface area (Å²) in [5, 5.41) is -0.0963. The van der Waals surface area contributed by atoms with E-state index in [-0.39, 0.29) is 22.2 Å². The molecule has 2 aromatic rings. The third-order valence-corrected chi connectivity index (χ3v) is 2.89. The summed E-state index contributed by atoms with van der Waals surface area (Å²) in [7, 11) is 0. The Labute approximate surface area is 108 Å². The maximum atomic E-state index is 13.0. The molecule has 2 rings (SSSR count). The van der Waals surface area contributed by atoms with Gasteiger partial charge >= 0.3 is 0 Å². The minimum atomic E-state index is -0.566. The highest BCUT2D eigenvalue weighted by molar-refractivity contribution is 6.31. The van der Waals surface area contributed by atoms with Gasteiger partial charge in [0.25, 0.3) is 0 Å². The lowest BCUT2D eigenvalue weighted by Gasteiger charge is -2.07. The SMILES string of the molecule is Cc1ccnc(N)c1C(=O)c1ccc(F)c(Cl)c1. The zero-order valence-electron chi connectivity index (χ0n) is 9.58. The van der Waals surface area contributed by atoms with Crippen molar-refractivity contribution in [1.82, 2.24) is 4.98 Å². The van der Waals surface area contributed by atoms with E-state index in [4.69, 9.17) is 17.3 Å². The van der Waals surface area contributed by atoms with E-state index in [2.05, 4.69) is 4.98 Å².